The smallest absolute Gasteiger partial charge is 0.237 e. The molecule has 1 unspecified atom stereocenters. The van der Waals surface area contributed by atoms with Crippen LogP contribution in [0.4, 0.5) is 0 Å². The molecule has 0 spiro atoms. The molecule has 102 valence electrons. The number of amides is 2. The summed E-state index contributed by atoms with van der Waals surface area (Å²) < 4.78 is 4.79. The lowest BCUT2D eigenvalue weighted by molar-refractivity contribution is -0.124. The molecule has 0 aliphatic carbocycles. The number of carbonyl (C=O) groups is 2. The molecule has 0 rings (SSSR count). The van der Waals surface area contributed by atoms with E-state index >= 15 is 0 Å². The van der Waals surface area contributed by atoms with Gasteiger partial charge in [-0.3, -0.25) is 9.59 Å². The summed E-state index contributed by atoms with van der Waals surface area (Å²) >= 11 is 0. The lowest BCUT2D eigenvalue weighted by Crippen LogP contribution is -2.36. The Balaban J connectivity index is 3.80. The topological polar surface area (TPSA) is 91.2 Å². The second kappa shape index (κ2) is 9.42. The van der Waals surface area contributed by atoms with E-state index in [9.17, 15) is 9.59 Å². The number of nitriles is 1. The van der Waals surface area contributed by atoms with E-state index < -0.39 is 5.92 Å². The van der Waals surface area contributed by atoms with Crippen molar-refractivity contribution in [1.29, 1.82) is 5.26 Å². The SMILES string of the molecule is COCCNC(=O)CCNC(=O)C(C#N)C(C)C. The molecule has 0 aromatic heterocycles. The summed E-state index contributed by atoms with van der Waals surface area (Å²) in [6, 6.07) is 1.95. The second-order valence-electron chi connectivity index (χ2n) is 4.23. The Morgan fingerprint density at radius 1 is 1.28 bits per heavy atom. The molecule has 0 bridgehead atoms. The van der Waals surface area contributed by atoms with E-state index in [1.807, 2.05) is 19.9 Å². The van der Waals surface area contributed by atoms with Crippen LogP contribution in [0.3, 0.4) is 0 Å². The molecule has 18 heavy (non-hydrogen) atoms. The highest BCUT2D eigenvalue weighted by molar-refractivity contribution is 5.82. The van der Waals surface area contributed by atoms with Gasteiger partial charge in [0, 0.05) is 26.6 Å². The van der Waals surface area contributed by atoms with Gasteiger partial charge in [-0.05, 0) is 5.92 Å². The molecular formula is C12H21N3O3. The molecule has 0 aliphatic rings. The molecule has 6 heteroatoms. The normalized spacial score (nSPS) is 11.7. The number of carbonyl (C=O) groups excluding carboxylic acids is 2. The maximum absolute atomic E-state index is 11.6. The number of ether oxygens (including phenoxy) is 1. The van der Waals surface area contributed by atoms with Crippen LogP contribution in [0.1, 0.15) is 20.3 Å². The fraction of sp³-hybridized carbons (Fsp3) is 0.750. The van der Waals surface area contributed by atoms with Gasteiger partial charge in [0.1, 0.15) is 5.92 Å². The van der Waals surface area contributed by atoms with Gasteiger partial charge in [-0.15, -0.1) is 0 Å². The average molecular weight is 255 g/mol. The Labute approximate surface area is 108 Å². The minimum atomic E-state index is -0.665. The highest BCUT2D eigenvalue weighted by Gasteiger charge is 2.21. The summed E-state index contributed by atoms with van der Waals surface area (Å²) in [6.07, 6.45) is 0.200. The molecule has 0 radical (unpaired) electrons. The Morgan fingerprint density at radius 3 is 2.44 bits per heavy atom. The molecule has 0 aliphatic heterocycles. The van der Waals surface area contributed by atoms with Crippen LogP contribution >= 0.6 is 0 Å². The largest absolute Gasteiger partial charge is 0.383 e. The van der Waals surface area contributed by atoms with Gasteiger partial charge in [0.2, 0.25) is 11.8 Å². The minimum Gasteiger partial charge on any atom is -0.383 e. The van der Waals surface area contributed by atoms with Gasteiger partial charge in [-0.25, -0.2) is 0 Å². The monoisotopic (exact) mass is 255 g/mol. The van der Waals surface area contributed by atoms with E-state index in [0.29, 0.717) is 13.2 Å². The maximum atomic E-state index is 11.6. The molecule has 2 N–H and O–H groups in total. The third-order valence-electron chi connectivity index (χ3n) is 2.37. The van der Waals surface area contributed by atoms with Crippen LogP contribution in [0.5, 0.6) is 0 Å². The van der Waals surface area contributed by atoms with Crippen molar-refractivity contribution in [3.8, 4) is 6.07 Å². The van der Waals surface area contributed by atoms with Crippen LogP contribution in [0.25, 0.3) is 0 Å². The predicted molar refractivity (Wildman–Crippen MR) is 66.5 cm³/mol. The molecule has 1 atom stereocenters. The molecule has 0 heterocycles. The number of methoxy groups -OCH3 is 1. The summed E-state index contributed by atoms with van der Waals surface area (Å²) in [5, 5.41) is 14.0. The van der Waals surface area contributed by atoms with Crippen molar-refractivity contribution in [3.05, 3.63) is 0 Å². The van der Waals surface area contributed by atoms with E-state index in [1.54, 1.807) is 7.11 Å². The van der Waals surface area contributed by atoms with Gasteiger partial charge in [0.05, 0.1) is 12.7 Å². The number of nitrogens with zero attached hydrogens (tertiary/aromatic N) is 1. The number of hydrogen-bond donors (Lipinski definition) is 2. The van der Waals surface area contributed by atoms with Gasteiger partial charge in [0.15, 0.2) is 0 Å². The first-order chi connectivity index (χ1) is 8.52. The summed E-state index contributed by atoms with van der Waals surface area (Å²) in [5.41, 5.74) is 0. The van der Waals surface area contributed by atoms with E-state index in [2.05, 4.69) is 10.6 Å². The summed E-state index contributed by atoms with van der Waals surface area (Å²) in [4.78, 5) is 22.9. The third-order valence-corrected chi connectivity index (χ3v) is 2.37. The number of rotatable bonds is 8. The van der Waals surface area contributed by atoms with Crippen LogP contribution in [0, 0.1) is 23.2 Å². The molecule has 0 aromatic carbocycles. The Morgan fingerprint density at radius 2 is 1.94 bits per heavy atom. The van der Waals surface area contributed by atoms with Crippen molar-refractivity contribution < 1.29 is 14.3 Å². The molecule has 6 nitrogen and oxygen atoms in total. The van der Waals surface area contributed by atoms with Crippen LogP contribution in [0.2, 0.25) is 0 Å². The van der Waals surface area contributed by atoms with E-state index in [0.717, 1.165) is 0 Å². The van der Waals surface area contributed by atoms with E-state index in [-0.39, 0.29) is 30.7 Å². The molecule has 2 amide bonds. The van der Waals surface area contributed by atoms with Gasteiger partial charge in [0.25, 0.3) is 0 Å². The van der Waals surface area contributed by atoms with Crippen LogP contribution in [-0.4, -0.2) is 38.6 Å². The Kier molecular flexibility index (Phi) is 8.58. The van der Waals surface area contributed by atoms with Crippen molar-refractivity contribution in [3.63, 3.8) is 0 Å². The predicted octanol–water partition coefficient (Wildman–Crippen LogP) is 0.0511. The van der Waals surface area contributed by atoms with Crippen LogP contribution in [0.15, 0.2) is 0 Å². The zero-order valence-corrected chi connectivity index (χ0v) is 11.2. The molecular weight excluding hydrogens is 234 g/mol. The zero-order valence-electron chi connectivity index (χ0n) is 11.2. The highest BCUT2D eigenvalue weighted by Crippen LogP contribution is 2.08. The van der Waals surface area contributed by atoms with Crippen molar-refractivity contribution in [2.45, 2.75) is 20.3 Å². The fourth-order valence-electron chi connectivity index (χ4n) is 1.30. The van der Waals surface area contributed by atoms with Crippen molar-refractivity contribution >= 4 is 11.8 Å². The quantitative estimate of drug-likeness (QED) is 0.600. The van der Waals surface area contributed by atoms with E-state index in [1.165, 1.54) is 0 Å². The molecule has 0 fully saturated rings. The lowest BCUT2D eigenvalue weighted by Gasteiger charge is -2.12. The number of hydrogen-bond acceptors (Lipinski definition) is 4. The first-order valence-corrected chi connectivity index (χ1v) is 5.95. The van der Waals surface area contributed by atoms with Gasteiger partial charge in [-0.2, -0.15) is 5.26 Å². The highest BCUT2D eigenvalue weighted by atomic mass is 16.5. The van der Waals surface area contributed by atoms with Crippen molar-refractivity contribution in [2.24, 2.45) is 11.8 Å². The van der Waals surface area contributed by atoms with Crippen LogP contribution < -0.4 is 10.6 Å². The summed E-state index contributed by atoms with van der Waals surface area (Å²) in [6.45, 7) is 4.77. The fourth-order valence-corrected chi connectivity index (χ4v) is 1.30. The first kappa shape index (κ1) is 16.4. The minimum absolute atomic E-state index is 0.0365. The Bertz CT molecular complexity index is 310. The summed E-state index contributed by atoms with van der Waals surface area (Å²) in [7, 11) is 1.56. The zero-order chi connectivity index (χ0) is 14.0. The van der Waals surface area contributed by atoms with Crippen molar-refractivity contribution in [1.82, 2.24) is 10.6 Å². The van der Waals surface area contributed by atoms with Gasteiger partial charge >= 0.3 is 0 Å². The Hall–Kier alpha value is -1.61. The lowest BCUT2D eigenvalue weighted by atomic mass is 9.97. The standard InChI is InChI=1S/C12H21N3O3/c1-9(2)10(8-13)12(17)15-5-4-11(16)14-6-7-18-3/h9-10H,4-7H2,1-3H3,(H,14,16)(H,15,17). The molecule has 0 saturated carbocycles. The second-order valence-corrected chi connectivity index (χ2v) is 4.23. The third kappa shape index (κ3) is 6.86. The van der Waals surface area contributed by atoms with Crippen molar-refractivity contribution in [2.75, 3.05) is 26.8 Å². The van der Waals surface area contributed by atoms with Gasteiger partial charge < -0.3 is 15.4 Å². The maximum Gasteiger partial charge on any atom is 0.237 e. The van der Waals surface area contributed by atoms with Crippen LogP contribution in [-0.2, 0) is 14.3 Å². The van der Waals surface area contributed by atoms with E-state index in [4.69, 9.17) is 10.00 Å². The first-order valence-electron chi connectivity index (χ1n) is 5.95. The molecule has 0 aromatic rings. The van der Waals surface area contributed by atoms with Gasteiger partial charge in [-0.1, -0.05) is 13.8 Å². The average Bonchev–Trinajstić information content (AvgIpc) is 2.29. The summed E-state index contributed by atoms with van der Waals surface area (Å²) in [5.74, 6) is -1.17. The number of nitrogens with one attached hydrogen (secondary N) is 2. The molecule has 0 saturated heterocycles.